The Labute approximate surface area is 130 Å². The number of nitrogens with zero attached hydrogens (tertiary/aromatic N) is 1. The van der Waals surface area contributed by atoms with Crippen molar-refractivity contribution in [3.8, 4) is 0 Å². The molecule has 2 atom stereocenters. The van der Waals surface area contributed by atoms with Gasteiger partial charge >= 0.3 is 0 Å². The molecule has 0 amide bonds. The number of likely N-dealkylation sites (tertiary alicyclic amines) is 1. The van der Waals surface area contributed by atoms with Crippen LogP contribution in [0.2, 0.25) is 0 Å². The molecule has 2 nitrogen and oxygen atoms in total. The highest BCUT2D eigenvalue weighted by Crippen LogP contribution is 2.35. The van der Waals surface area contributed by atoms with E-state index in [4.69, 9.17) is 0 Å². The van der Waals surface area contributed by atoms with Gasteiger partial charge in [0.25, 0.3) is 0 Å². The Bertz CT molecular complexity index is 423. The van der Waals surface area contributed by atoms with Crippen LogP contribution in [0.5, 0.6) is 0 Å². The third kappa shape index (κ3) is 3.70. The second kappa shape index (κ2) is 7.37. The minimum absolute atomic E-state index is 0.0729. The number of halogens is 1. The molecular formula is C17H24BrNO. The molecule has 0 spiro atoms. The summed E-state index contributed by atoms with van der Waals surface area (Å²) in [5.41, 5.74) is 1.46. The lowest BCUT2D eigenvalue weighted by atomic mass is 9.78. The van der Waals surface area contributed by atoms with Crippen LogP contribution < -0.4 is 0 Å². The molecule has 1 heterocycles. The van der Waals surface area contributed by atoms with Gasteiger partial charge in [0.2, 0.25) is 0 Å². The van der Waals surface area contributed by atoms with Crippen LogP contribution in [-0.2, 0) is 4.79 Å². The Kier molecular flexibility index (Phi) is 5.79. The fourth-order valence-corrected chi connectivity index (χ4v) is 3.63. The minimum Gasteiger partial charge on any atom is -0.302 e. The quantitative estimate of drug-likeness (QED) is 0.749. The van der Waals surface area contributed by atoms with Gasteiger partial charge in [-0.25, -0.2) is 0 Å². The second-order valence-corrected chi connectivity index (χ2v) is 6.73. The van der Waals surface area contributed by atoms with E-state index in [1.54, 1.807) is 0 Å². The molecule has 0 aromatic heterocycles. The molecule has 20 heavy (non-hydrogen) atoms. The Morgan fingerprint density at radius 2 is 1.90 bits per heavy atom. The number of rotatable bonds is 5. The van der Waals surface area contributed by atoms with E-state index in [9.17, 15) is 4.79 Å². The highest BCUT2D eigenvalue weighted by molar-refractivity contribution is 9.10. The predicted octanol–water partition coefficient (Wildman–Crippen LogP) is 4.24. The van der Waals surface area contributed by atoms with Gasteiger partial charge in [-0.15, -0.1) is 0 Å². The number of hydrogen-bond donors (Lipinski definition) is 0. The monoisotopic (exact) mass is 337 g/mol. The highest BCUT2D eigenvalue weighted by atomic mass is 79.9. The Balaban J connectivity index is 2.00. The zero-order valence-corrected chi connectivity index (χ0v) is 14.0. The first-order chi connectivity index (χ1) is 9.65. The highest BCUT2D eigenvalue weighted by Gasteiger charge is 2.28. The molecule has 0 N–H and O–H groups in total. The van der Waals surface area contributed by atoms with E-state index in [0.29, 0.717) is 5.92 Å². The van der Waals surface area contributed by atoms with Gasteiger partial charge < -0.3 is 4.79 Å². The third-order valence-electron chi connectivity index (χ3n) is 4.65. The van der Waals surface area contributed by atoms with Crippen molar-refractivity contribution in [2.45, 2.75) is 45.1 Å². The van der Waals surface area contributed by atoms with Crippen LogP contribution in [0, 0.1) is 5.92 Å². The van der Waals surface area contributed by atoms with E-state index in [0.717, 1.165) is 29.8 Å². The van der Waals surface area contributed by atoms with Gasteiger partial charge in [0.1, 0.15) is 6.29 Å². The van der Waals surface area contributed by atoms with Crippen LogP contribution in [0.4, 0.5) is 0 Å². The molecular weight excluding hydrogens is 314 g/mol. The molecule has 0 bridgehead atoms. The van der Waals surface area contributed by atoms with Crippen molar-refractivity contribution < 1.29 is 4.79 Å². The standard InChI is InChI=1S/C17H24BrNO/c1-3-17(14-4-6-16(18)7-5-14)15-8-10-19(11-9-15)13(2)12-20/h4-7,12-13,15,17H,3,8-11H2,1-2H3. The van der Waals surface area contributed by atoms with Crippen LogP contribution in [0.25, 0.3) is 0 Å². The van der Waals surface area contributed by atoms with E-state index in [-0.39, 0.29) is 6.04 Å². The van der Waals surface area contributed by atoms with Crippen molar-refractivity contribution in [1.29, 1.82) is 0 Å². The van der Waals surface area contributed by atoms with Crippen molar-refractivity contribution >= 4 is 22.2 Å². The molecule has 2 unspecified atom stereocenters. The minimum atomic E-state index is 0.0729. The van der Waals surface area contributed by atoms with Crippen LogP contribution in [0.15, 0.2) is 28.7 Å². The molecule has 2 rings (SSSR count). The topological polar surface area (TPSA) is 20.3 Å². The van der Waals surface area contributed by atoms with Gasteiger partial charge in [-0.1, -0.05) is 35.0 Å². The number of carbonyl (C=O) groups is 1. The molecule has 0 saturated carbocycles. The summed E-state index contributed by atoms with van der Waals surface area (Å²) >= 11 is 3.50. The maximum absolute atomic E-state index is 10.9. The summed E-state index contributed by atoms with van der Waals surface area (Å²) < 4.78 is 1.14. The molecule has 0 aliphatic carbocycles. The van der Waals surface area contributed by atoms with E-state index < -0.39 is 0 Å². The molecule has 110 valence electrons. The van der Waals surface area contributed by atoms with Gasteiger partial charge in [0.05, 0.1) is 6.04 Å². The number of hydrogen-bond acceptors (Lipinski definition) is 2. The van der Waals surface area contributed by atoms with Crippen LogP contribution in [0.1, 0.15) is 44.6 Å². The largest absolute Gasteiger partial charge is 0.302 e. The molecule has 1 saturated heterocycles. The fourth-order valence-electron chi connectivity index (χ4n) is 3.37. The zero-order chi connectivity index (χ0) is 14.5. The van der Waals surface area contributed by atoms with Gasteiger partial charge in [0, 0.05) is 4.47 Å². The molecule has 1 fully saturated rings. The first-order valence-corrected chi connectivity index (χ1v) is 8.39. The van der Waals surface area contributed by atoms with E-state index >= 15 is 0 Å². The fraction of sp³-hybridized carbons (Fsp3) is 0.588. The van der Waals surface area contributed by atoms with Gasteiger partial charge in [-0.3, -0.25) is 4.90 Å². The summed E-state index contributed by atoms with van der Waals surface area (Å²) in [4.78, 5) is 13.2. The predicted molar refractivity (Wildman–Crippen MR) is 87.0 cm³/mol. The van der Waals surface area contributed by atoms with Gasteiger partial charge in [-0.2, -0.15) is 0 Å². The summed E-state index contributed by atoms with van der Waals surface area (Å²) in [5.74, 6) is 1.40. The van der Waals surface area contributed by atoms with Crippen molar-refractivity contribution in [3.05, 3.63) is 34.3 Å². The number of benzene rings is 1. The van der Waals surface area contributed by atoms with E-state index in [1.165, 1.54) is 24.8 Å². The van der Waals surface area contributed by atoms with Crippen molar-refractivity contribution in [1.82, 2.24) is 4.90 Å². The van der Waals surface area contributed by atoms with Crippen LogP contribution in [-0.4, -0.2) is 30.3 Å². The summed E-state index contributed by atoms with van der Waals surface area (Å²) in [5, 5.41) is 0. The molecule has 1 aromatic carbocycles. The molecule has 3 heteroatoms. The smallest absolute Gasteiger partial charge is 0.136 e. The van der Waals surface area contributed by atoms with Crippen molar-refractivity contribution in [2.24, 2.45) is 5.92 Å². The number of piperidine rings is 1. The van der Waals surface area contributed by atoms with Crippen molar-refractivity contribution in [3.63, 3.8) is 0 Å². The van der Waals surface area contributed by atoms with Crippen LogP contribution in [0.3, 0.4) is 0 Å². The summed E-state index contributed by atoms with van der Waals surface area (Å²) in [6, 6.07) is 8.85. The normalized spacial score (nSPS) is 20.6. The SMILES string of the molecule is CCC(c1ccc(Br)cc1)C1CCN(C(C)C=O)CC1. The number of aldehydes is 1. The van der Waals surface area contributed by atoms with Crippen molar-refractivity contribution in [2.75, 3.05) is 13.1 Å². The third-order valence-corrected chi connectivity index (χ3v) is 5.18. The Morgan fingerprint density at radius 3 is 2.40 bits per heavy atom. The molecule has 0 radical (unpaired) electrons. The first kappa shape index (κ1) is 15.7. The average molecular weight is 338 g/mol. The first-order valence-electron chi connectivity index (χ1n) is 7.60. The average Bonchev–Trinajstić information content (AvgIpc) is 2.50. The van der Waals surface area contributed by atoms with E-state index in [1.807, 2.05) is 6.92 Å². The second-order valence-electron chi connectivity index (χ2n) is 5.82. The maximum atomic E-state index is 10.9. The summed E-state index contributed by atoms with van der Waals surface area (Å²) in [7, 11) is 0. The Hall–Kier alpha value is -0.670. The zero-order valence-electron chi connectivity index (χ0n) is 12.4. The molecule has 1 aromatic rings. The van der Waals surface area contributed by atoms with E-state index in [2.05, 4.69) is 52.0 Å². The lowest BCUT2D eigenvalue weighted by Gasteiger charge is -2.37. The Morgan fingerprint density at radius 1 is 1.30 bits per heavy atom. The van der Waals surface area contributed by atoms with Gasteiger partial charge in [-0.05, 0) is 68.8 Å². The summed E-state index contributed by atoms with van der Waals surface area (Å²) in [6.07, 6.45) is 4.65. The summed E-state index contributed by atoms with van der Waals surface area (Å²) in [6.45, 7) is 6.39. The maximum Gasteiger partial charge on any atom is 0.136 e. The lowest BCUT2D eigenvalue weighted by Crippen LogP contribution is -2.41. The molecule has 1 aliphatic rings. The lowest BCUT2D eigenvalue weighted by molar-refractivity contribution is -0.112. The van der Waals surface area contributed by atoms with Crippen LogP contribution >= 0.6 is 15.9 Å². The van der Waals surface area contributed by atoms with Gasteiger partial charge in [0.15, 0.2) is 0 Å². The number of carbonyl (C=O) groups excluding carboxylic acids is 1. The molecule has 1 aliphatic heterocycles.